The lowest BCUT2D eigenvalue weighted by atomic mass is 9.94. The van der Waals surface area contributed by atoms with Crippen LogP contribution in [-0.2, 0) is 23.8 Å². The number of unbranched alkanes of at least 4 members (excludes halogenated alkanes) is 16. The molecule has 1 fully saturated rings. The van der Waals surface area contributed by atoms with Gasteiger partial charge in [0.2, 0.25) is 0 Å². The van der Waals surface area contributed by atoms with Gasteiger partial charge < -0.3 is 24.4 Å². The molecule has 1 aliphatic heterocycles. The number of nitrogens with zero attached hydrogens (tertiary/aromatic N) is 2. The minimum absolute atomic E-state index is 0.0135. The molecule has 1 aliphatic rings. The molecule has 0 aromatic heterocycles. The molecular formula is C46H89N3O5S. The second-order valence-electron chi connectivity index (χ2n) is 16.3. The van der Waals surface area contributed by atoms with Gasteiger partial charge in [-0.1, -0.05) is 156 Å². The predicted molar refractivity (Wildman–Crippen MR) is 236 cm³/mol. The fraction of sp³-hybridized carbons (Fsp3) is 0.935. The van der Waals surface area contributed by atoms with Crippen molar-refractivity contribution < 1.29 is 23.8 Å². The van der Waals surface area contributed by atoms with Crippen LogP contribution in [0, 0.1) is 11.8 Å². The molecule has 0 saturated carbocycles. The number of nitrogens with one attached hydrogen (secondary N) is 1. The monoisotopic (exact) mass is 796 g/mol. The van der Waals surface area contributed by atoms with E-state index >= 15 is 0 Å². The van der Waals surface area contributed by atoms with Crippen LogP contribution >= 0.6 is 12.2 Å². The molecule has 324 valence electrons. The molecule has 0 aliphatic carbocycles. The molecule has 1 N–H and O–H groups in total. The Morgan fingerprint density at radius 2 is 0.964 bits per heavy atom. The molecule has 2 unspecified atom stereocenters. The summed E-state index contributed by atoms with van der Waals surface area (Å²) in [4.78, 5) is 31.2. The number of hydrogen-bond acceptors (Lipinski definition) is 7. The maximum Gasteiger partial charge on any atom is 0.308 e. The van der Waals surface area contributed by atoms with E-state index in [1.165, 1.54) is 103 Å². The second-order valence-corrected chi connectivity index (χ2v) is 16.7. The number of ether oxygens (including phenoxy) is 3. The van der Waals surface area contributed by atoms with Gasteiger partial charge in [-0.15, -0.1) is 0 Å². The highest BCUT2D eigenvalue weighted by atomic mass is 32.1. The molecule has 1 heterocycles. The number of morpholine rings is 1. The summed E-state index contributed by atoms with van der Waals surface area (Å²) in [6.45, 7) is 16.6. The molecule has 1 saturated heterocycles. The molecular weight excluding hydrogens is 707 g/mol. The van der Waals surface area contributed by atoms with Crippen molar-refractivity contribution in [2.45, 2.75) is 201 Å². The molecule has 0 radical (unpaired) electrons. The lowest BCUT2D eigenvalue weighted by Crippen LogP contribution is -2.43. The summed E-state index contributed by atoms with van der Waals surface area (Å²) < 4.78 is 17.4. The standard InChI is InChI=1S/C46H89N3O5S/c1-5-9-13-17-19-23-30-42(28-21-15-11-7-3)44(50)53-38-26-34-49(46(55)47-32-25-33-48-36-40-52-41-37-48)35-27-39-54-45(51)43(29-22-16-12-8-4)31-24-20-18-14-10-6-2/h42-43H,5-41H2,1-4H3,(H,47,55). The number of esters is 2. The number of hydrogen-bond donors (Lipinski definition) is 1. The van der Waals surface area contributed by atoms with Crippen molar-refractivity contribution in [2.75, 3.05) is 65.7 Å². The van der Waals surface area contributed by atoms with Crippen LogP contribution in [0.2, 0.25) is 0 Å². The molecule has 8 nitrogen and oxygen atoms in total. The second kappa shape index (κ2) is 38.1. The van der Waals surface area contributed by atoms with Gasteiger partial charge in [-0.3, -0.25) is 14.5 Å². The first-order chi connectivity index (χ1) is 27.0. The Balaban J connectivity index is 2.68. The fourth-order valence-corrected chi connectivity index (χ4v) is 7.86. The van der Waals surface area contributed by atoms with Gasteiger partial charge in [0.25, 0.3) is 0 Å². The quantitative estimate of drug-likeness (QED) is 0.0373. The van der Waals surface area contributed by atoms with Crippen LogP contribution in [0.1, 0.15) is 201 Å². The zero-order valence-corrected chi connectivity index (χ0v) is 37.5. The molecule has 0 amide bonds. The van der Waals surface area contributed by atoms with Crippen LogP contribution in [0.15, 0.2) is 0 Å². The molecule has 1 rings (SSSR count). The fourth-order valence-electron chi connectivity index (χ4n) is 7.58. The summed E-state index contributed by atoms with van der Waals surface area (Å²) in [5.74, 6) is -0.00537. The largest absolute Gasteiger partial charge is 0.465 e. The Bertz CT molecular complexity index is 851. The van der Waals surface area contributed by atoms with Gasteiger partial charge in [0.1, 0.15) is 0 Å². The maximum atomic E-state index is 13.3. The van der Waals surface area contributed by atoms with Crippen LogP contribution in [0.3, 0.4) is 0 Å². The average molecular weight is 796 g/mol. The van der Waals surface area contributed by atoms with Gasteiger partial charge in [-0.2, -0.15) is 0 Å². The molecule has 2 atom stereocenters. The summed E-state index contributed by atoms with van der Waals surface area (Å²) in [5, 5.41) is 4.22. The Hall–Kier alpha value is -1.45. The predicted octanol–water partition coefficient (Wildman–Crippen LogP) is 11.4. The highest BCUT2D eigenvalue weighted by Crippen LogP contribution is 2.22. The van der Waals surface area contributed by atoms with E-state index in [9.17, 15) is 9.59 Å². The van der Waals surface area contributed by atoms with Gasteiger partial charge in [0.05, 0.1) is 38.3 Å². The molecule has 0 aromatic carbocycles. The van der Waals surface area contributed by atoms with Gasteiger partial charge in [-0.25, -0.2) is 0 Å². The van der Waals surface area contributed by atoms with E-state index in [1.54, 1.807) is 0 Å². The Morgan fingerprint density at radius 3 is 1.38 bits per heavy atom. The highest BCUT2D eigenvalue weighted by Gasteiger charge is 2.21. The first-order valence-electron chi connectivity index (χ1n) is 23.6. The van der Waals surface area contributed by atoms with Crippen LogP contribution in [-0.4, -0.2) is 92.5 Å². The molecule has 9 heteroatoms. The van der Waals surface area contributed by atoms with E-state index < -0.39 is 0 Å². The van der Waals surface area contributed by atoms with Crippen LogP contribution in [0.4, 0.5) is 0 Å². The van der Waals surface area contributed by atoms with Crippen LogP contribution < -0.4 is 5.32 Å². The van der Waals surface area contributed by atoms with Crippen molar-refractivity contribution in [3.63, 3.8) is 0 Å². The third-order valence-electron chi connectivity index (χ3n) is 11.2. The van der Waals surface area contributed by atoms with Crippen LogP contribution in [0.25, 0.3) is 0 Å². The minimum atomic E-state index is -0.0162. The van der Waals surface area contributed by atoms with E-state index in [1.807, 2.05) is 0 Å². The zero-order valence-electron chi connectivity index (χ0n) is 36.7. The topological polar surface area (TPSA) is 80.3 Å². The van der Waals surface area contributed by atoms with E-state index in [0.717, 1.165) is 115 Å². The van der Waals surface area contributed by atoms with E-state index in [0.29, 0.717) is 26.3 Å². The first-order valence-corrected chi connectivity index (χ1v) is 24.0. The Morgan fingerprint density at radius 1 is 0.582 bits per heavy atom. The van der Waals surface area contributed by atoms with Crippen molar-refractivity contribution in [3.8, 4) is 0 Å². The van der Waals surface area contributed by atoms with Gasteiger partial charge in [0.15, 0.2) is 5.11 Å². The summed E-state index contributed by atoms with van der Waals surface area (Å²) in [6.07, 6.45) is 30.6. The number of carbonyl (C=O) groups is 2. The smallest absolute Gasteiger partial charge is 0.308 e. The van der Waals surface area contributed by atoms with Crippen molar-refractivity contribution in [1.29, 1.82) is 0 Å². The van der Waals surface area contributed by atoms with Gasteiger partial charge >= 0.3 is 11.9 Å². The summed E-state index contributed by atoms with van der Waals surface area (Å²) in [5.41, 5.74) is 0. The minimum Gasteiger partial charge on any atom is -0.465 e. The van der Waals surface area contributed by atoms with Crippen molar-refractivity contribution in [2.24, 2.45) is 11.8 Å². The van der Waals surface area contributed by atoms with Crippen molar-refractivity contribution in [1.82, 2.24) is 15.1 Å². The zero-order chi connectivity index (χ0) is 40.0. The Kier molecular flexibility index (Phi) is 35.7. The SMILES string of the molecule is CCCCCCCCC(CCCCCC)C(=O)OCCCN(CCCOC(=O)C(CCCCCC)CCCCCCCC)C(=S)NCCCN1CCOCC1. The number of carbonyl (C=O) groups excluding carboxylic acids is 2. The molecule has 0 spiro atoms. The summed E-state index contributed by atoms with van der Waals surface area (Å²) in [7, 11) is 0. The lowest BCUT2D eigenvalue weighted by Gasteiger charge is -2.28. The summed E-state index contributed by atoms with van der Waals surface area (Å²) >= 11 is 5.91. The third kappa shape index (κ3) is 29.4. The van der Waals surface area contributed by atoms with Crippen molar-refractivity contribution in [3.05, 3.63) is 0 Å². The first kappa shape index (κ1) is 51.6. The third-order valence-corrected chi connectivity index (χ3v) is 11.6. The van der Waals surface area contributed by atoms with E-state index in [2.05, 4.69) is 42.8 Å². The molecule has 0 bridgehead atoms. The van der Waals surface area contributed by atoms with Crippen molar-refractivity contribution >= 4 is 29.3 Å². The Labute approximate surface area is 345 Å². The van der Waals surface area contributed by atoms with Gasteiger partial charge in [0, 0.05) is 32.7 Å². The van der Waals surface area contributed by atoms with E-state index in [4.69, 9.17) is 26.4 Å². The maximum absolute atomic E-state index is 13.3. The van der Waals surface area contributed by atoms with Crippen LogP contribution in [0.5, 0.6) is 0 Å². The normalized spacial score (nSPS) is 14.4. The average Bonchev–Trinajstić information content (AvgIpc) is 3.20. The number of rotatable bonds is 38. The molecule has 55 heavy (non-hydrogen) atoms. The lowest BCUT2D eigenvalue weighted by molar-refractivity contribution is -0.150. The van der Waals surface area contributed by atoms with E-state index in [-0.39, 0.29) is 23.8 Å². The summed E-state index contributed by atoms with van der Waals surface area (Å²) in [6, 6.07) is 0. The van der Waals surface area contributed by atoms with Gasteiger partial charge in [-0.05, 0) is 63.7 Å². The molecule has 0 aromatic rings. The highest BCUT2D eigenvalue weighted by molar-refractivity contribution is 7.80. The number of thiocarbonyl (C=S) groups is 1.